The molecule has 8 heteroatoms. The second kappa shape index (κ2) is 8.04. The molecule has 0 bridgehead atoms. The molecule has 0 aromatic rings. The molecule has 2 atom stereocenters. The summed E-state index contributed by atoms with van der Waals surface area (Å²) in [5, 5.41) is 12.2. The van der Waals surface area contributed by atoms with Crippen molar-refractivity contribution in [1.29, 1.82) is 0 Å². The fraction of sp³-hybridized carbons (Fsp3) is 0.842. The molecule has 2 N–H and O–H groups in total. The second-order valence-electron chi connectivity index (χ2n) is 9.63. The molecule has 0 aromatic carbocycles. The fourth-order valence-electron chi connectivity index (χ4n) is 3.09. The first-order chi connectivity index (χ1) is 12.1. The van der Waals surface area contributed by atoms with Crippen LogP contribution in [0.3, 0.4) is 0 Å². The van der Waals surface area contributed by atoms with E-state index in [9.17, 15) is 19.5 Å². The Morgan fingerprint density at radius 2 is 1.70 bits per heavy atom. The van der Waals surface area contributed by atoms with Crippen LogP contribution in [0.4, 0.5) is 9.59 Å². The van der Waals surface area contributed by atoms with Gasteiger partial charge in [0, 0.05) is 11.5 Å². The number of rotatable bonds is 4. The van der Waals surface area contributed by atoms with Crippen LogP contribution in [0.1, 0.15) is 68.2 Å². The van der Waals surface area contributed by atoms with Crippen molar-refractivity contribution in [2.75, 3.05) is 6.61 Å². The van der Waals surface area contributed by atoms with Crippen LogP contribution in [0, 0.1) is 5.92 Å². The van der Waals surface area contributed by atoms with Crippen molar-refractivity contribution in [2.24, 2.45) is 5.92 Å². The van der Waals surface area contributed by atoms with E-state index >= 15 is 0 Å². The third-order valence-electron chi connectivity index (χ3n) is 4.01. The molecule has 1 rings (SSSR count). The molecule has 1 saturated heterocycles. The maximum atomic E-state index is 12.8. The monoisotopic (exact) mass is 386 g/mol. The minimum absolute atomic E-state index is 0.206. The van der Waals surface area contributed by atoms with E-state index < -0.39 is 40.9 Å². The summed E-state index contributed by atoms with van der Waals surface area (Å²) in [7, 11) is 0. The zero-order valence-corrected chi connectivity index (χ0v) is 17.7. The number of hydrogen-bond donors (Lipinski definition) is 2. The van der Waals surface area contributed by atoms with Crippen LogP contribution in [-0.4, -0.2) is 57.5 Å². The quantitative estimate of drug-likeness (QED) is 0.770. The Balaban J connectivity index is 2.82. The molecule has 1 aliphatic rings. The topological polar surface area (TPSA) is 105 Å². The van der Waals surface area contributed by atoms with Crippen molar-refractivity contribution in [3.8, 4) is 0 Å². The number of amides is 3. The van der Waals surface area contributed by atoms with E-state index in [0.29, 0.717) is 6.42 Å². The van der Waals surface area contributed by atoms with Gasteiger partial charge in [0.1, 0.15) is 11.2 Å². The van der Waals surface area contributed by atoms with Gasteiger partial charge in [-0.1, -0.05) is 0 Å². The highest BCUT2D eigenvalue weighted by molar-refractivity contribution is 5.96. The van der Waals surface area contributed by atoms with Crippen molar-refractivity contribution >= 4 is 18.1 Å². The van der Waals surface area contributed by atoms with Gasteiger partial charge in [0.15, 0.2) is 0 Å². The zero-order chi connectivity index (χ0) is 21.2. The molecule has 1 aliphatic heterocycles. The van der Waals surface area contributed by atoms with Gasteiger partial charge in [-0.25, -0.2) is 14.5 Å². The van der Waals surface area contributed by atoms with Gasteiger partial charge in [0.05, 0.1) is 12.6 Å². The first-order valence-corrected chi connectivity index (χ1v) is 9.23. The largest absolute Gasteiger partial charge is 0.444 e. The van der Waals surface area contributed by atoms with Crippen molar-refractivity contribution in [1.82, 2.24) is 10.2 Å². The molecule has 1 fully saturated rings. The number of likely N-dealkylation sites (tertiary alicyclic amines) is 1. The van der Waals surface area contributed by atoms with Crippen molar-refractivity contribution in [3.05, 3.63) is 0 Å². The minimum atomic E-state index is -0.712. The summed E-state index contributed by atoms with van der Waals surface area (Å²) in [6.07, 6.45) is -0.717. The van der Waals surface area contributed by atoms with Crippen molar-refractivity contribution < 1.29 is 29.0 Å². The molecule has 8 nitrogen and oxygen atoms in total. The van der Waals surface area contributed by atoms with E-state index in [1.54, 1.807) is 55.4 Å². The molecule has 1 heterocycles. The lowest BCUT2D eigenvalue weighted by atomic mass is 9.91. The Labute approximate surface area is 161 Å². The lowest BCUT2D eigenvalue weighted by Crippen LogP contribution is -2.48. The van der Waals surface area contributed by atoms with Gasteiger partial charge in [-0.2, -0.15) is 0 Å². The molecule has 3 amide bonds. The molecular weight excluding hydrogens is 352 g/mol. The summed E-state index contributed by atoms with van der Waals surface area (Å²) in [4.78, 5) is 38.3. The zero-order valence-electron chi connectivity index (χ0n) is 17.7. The number of nitrogens with zero attached hydrogens (tertiary/aromatic N) is 1. The molecular formula is C19H34N2O6. The molecule has 0 aliphatic carbocycles. The number of aliphatic hydroxyl groups excluding tert-OH is 1. The molecule has 0 aromatic heterocycles. The average molecular weight is 386 g/mol. The summed E-state index contributed by atoms with van der Waals surface area (Å²) in [6, 6.07) is -0.650. The van der Waals surface area contributed by atoms with Gasteiger partial charge < -0.3 is 19.9 Å². The van der Waals surface area contributed by atoms with E-state index in [-0.39, 0.29) is 18.9 Å². The van der Waals surface area contributed by atoms with Gasteiger partial charge in [-0.3, -0.25) is 4.79 Å². The van der Waals surface area contributed by atoms with Crippen LogP contribution in [0.5, 0.6) is 0 Å². The molecule has 0 saturated carbocycles. The number of nitrogens with one attached hydrogen (secondary N) is 1. The average Bonchev–Trinajstić information content (AvgIpc) is 2.63. The minimum Gasteiger partial charge on any atom is -0.444 e. The molecule has 0 spiro atoms. The van der Waals surface area contributed by atoms with E-state index in [1.807, 2.05) is 0 Å². The smallest absolute Gasteiger partial charge is 0.417 e. The van der Waals surface area contributed by atoms with E-state index in [1.165, 1.54) is 0 Å². The van der Waals surface area contributed by atoms with E-state index in [4.69, 9.17) is 9.47 Å². The van der Waals surface area contributed by atoms with E-state index in [2.05, 4.69) is 5.32 Å². The predicted molar refractivity (Wildman–Crippen MR) is 100 cm³/mol. The Morgan fingerprint density at radius 3 is 2.15 bits per heavy atom. The highest BCUT2D eigenvalue weighted by Crippen LogP contribution is 2.37. The Morgan fingerprint density at radius 1 is 1.19 bits per heavy atom. The number of hydrogen-bond acceptors (Lipinski definition) is 6. The predicted octanol–water partition coefficient (Wildman–Crippen LogP) is 2.82. The number of carbonyl (C=O) groups excluding carboxylic acids is 3. The second-order valence-corrected chi connectivity index (χ2v) is 9.63. The Hall–Kier alpha value is -1.83. The van der Waals surface area contributed by atoms with Crippen LogP contribution in [0.25, 0.3) is 0 Å². The van der Waals surface area contributed by atoms with Gasteiger partial charge >= 0.3 is 12.2 Å². The first-order valence-electron chi connectivity index (χ1n) is 9.23. The Bertz CT molecular complexity index is 574. The molecule has 0 radical (unpaired) electrons. The van der Waals surface area contributed by atoms with Gasteiger partial charge in [0.2, 0.25) is 5.91 Å². The lowest BCUT2D eigenvalue weighted by Gasteiger charge is -2.31. The Kier molecular flexibility index (Phi) is 6.91. The third-order valence-corrected chi connectivity index (χ3v) is 4.01. The SMILES string of the molecule is CC(C)(C)OC(=O)N[C@H](CO)C[C@@H]1CC(C)(C)N(C(=O)OC(C)(C)C)C1=O. The van der Waals surface area contributed by atoms with Crippen LogP contribution >= 0.6 is 0 Å². The maximum Gasteiger partial charge on any atom is 0.417 e. The summed E-state index contributed by atoms with van der Waals surface area (Å²) in [5.41, 5.74) is -2.09. The third kappa shape index (κ3) is 7.01. The fourth-order valence-corrected chi connectivity index (χ4v) is 3.09. The van der Waals surface area contributed by atoms with Gasteiger partial charge in [0.25, 0.3) is 0 Å². The van der Waals surface area contributed by atoms with Crippen molar-refractivity contribution in [2.45, 2.75) is 91.0 Å². The lowest BCUT2D eigenvalue weighted by molar-refractivity contribution is -0.132. The number of carbonyl (C=O) groups is 3. The first kappa shape index (κ1) is 23.2. The van der Waals surface area contributed by atoms with Gasteiger partial charge in [-0.15, -0.1) is 0 Å². The molecule has 156 valence electrons. The standard InChI is InChI=1S/C19H34N2O6/c1-17(2,3)26-15(24)20-13(11-22)9-12-10-19(7,8)21(14(12)23)16(25)27-18(4,5)6/h12-13,22H,9-11H2,1-8H3,(H,20,24)/t12-,13+/m1/s1. The summed E-state index contributed by atoms with van der Waals surface area (Å²) >= 11 is 0. The number of ether oxygens (including phenoxy) is 2. The number of aliphatic hydroxyl groups is 1. The maximum absolute atomic E-state index is 12.8. The summed E-state index contributed by atoms with van der Waals surface area (Å²) < 4.78 is 10.5. The van der Waals surface area contributed by atoms with Crippen LogP contribution in [0.15, 0.2) is 0 Å². The van der Waals surface area contributed by atoms with Crippen LogP contribution in [-0.2, 0) is 14.3 Å². The number of alkyl carbamates (subject to hydrolysis) is 1. The highest BCUT2D eigenvalue weighted by Gasteiger charge is 2.50. The number of imide groups is 1. The summed E-state index contributed by atoms with van der Waals surface area (Å²) in [5.74, 6) is -0.877. The van der Waals surface area contributed by atoms with Crippen molar-refractivity contribution in [3.63, 3.8) is 0 Å². The summed E-state index contributed by atoms with van der Waals surface area (Å²) in [6.45, 7) is 13.7. The van der Waals surface area contributed by atoms with E-state index in [0.717, 1.165) is 4.90 Å². The highest BCUT2D eigenvalue weighted by atomic mass is 16.6. The van der Waals surface area contributed by atoms with Crippen LogP contribution < -0.4 is 5.32 Å². The van der Waals surface area contributed by atoms with Crippen LogP contribution in [0.2, 0.25) is 0 Å². The molecule has 0 unspecified atom stereocenters. The van der Waals surface area contributed by atoms with Gasteiger partial charge in [-0.05, 0) is 68.2 Å². The molecule has 27 heavy (non-hydrogen) atoms. The normalized spacial score (nSPS) is 21.0.